The van der Waals surface area contributed by atoms with Gasteiger partial charge in [0.25, 0.3) is 0 Å². The molecule has 0 atom stereocenters. The molecule has 62 valence electrons. The number of nitrogen functional groups attached to an aromatic ring is 1. The quantitative estimate of drug-likeness (QED) is 0.636. The average molecular weight is 163 g/mol. The minimum Gasteiger partial charge on any atom is -0.382 e. The van der Waals surface area contributed by atoms with Crippen molar-refractivity contribution in [1.82, 2.24) is 14.4 Å². The number of hydrogen-bond acceptors (Lipinski definition) is 4. The summed E-state index contributed by atoms with van der Waals surface area (Å²) in [6.45, 7) is 0. The van der Waals surface area contributed by atoms with Gasteiger partial charge >= 0.3 is 0 Å². The summed E-state index contributed by atoms with van der Waals surface area (Å²) in [5.41, 5.74) is 6.34. The fourth-order valence-electron chi connectivity index (χ4n) is 1.12. The molecule has 0 amide bonds. The van der Waals surface area contributed by atoms with Crippen LogP contribution in [0.1, 0.15) is 0 Å². The van der Waals surface area contributed by atoms with E-state index in [1.54, 1.807) is 19.4 Å². The molecule has 0 aliphatic carbocycles. The molecular weight excluding hydrogens is 154 g/mol. The highest BCUT2D eigenvalue weighted by atomic mass is 15.1. The van der Waals surface area contributed by atoms with Crippen LogP contribution in [-0.4, -0.2) is 21.4 Å². The van der Waals surface area contributed by atoms with Gasteiger partial charge < -0.3 is 15.5 Å². The van der Waals surface area contributed by atoms with E-state index in [2.05, 4.69) is 15.3 Å². The fourth-order valence-corrected chi connectivity index (χ4v) is 1.12. The zero-order chi connectivity index (χ0) is 8.55. The molecule has 0 aromatic carbocycles. The SMILES string of the molecule is CNc1nc(N)cn2ccnc12. The third-order valence-corrected chi connectivity index (χ3v) is 1.63. The van der Waals surface area contributed by atoms with Crippen LogP contribution in [0.4, 0.5) is 11.6 Å². The van der Waals surface area contributed by atoms with E-state index in [1.165, 1.54) is 0 Å². The molecule has 5 nitrogen and oxygen atoms in total. The van der Waals surface area contributed by atoms with Crippen molar-refractivity contribution in [3.63, 3.8) is 0 Å². The predicted octanol–water partition coefficient (Wildman–Crippen LogP) is 0.353. The minimum absolute atomic E-state index is 0.477. The maximum atomic E-state index is 5.56. The molecule has 0 unspecified atom stereocenters. The minimum atomic E-state index is 0.477. The molecule has 0 aliphatic rings. The van der Waals surface area contributed by atoms with Crippen molar-refractivity contribution >= 4 is 17.3 Å². The summed E-state index contributed by atoms with van der Waals surface area (Å²) in [5, 5.41) is 2.92. The fraction of sp³-hybridized carbons (Fsp3) is 0.143. The Hall–Kier alpha value is -1.78. The van der Waals surface area contributed by atoms with Crippen LogP contribution in [0, 0.1) is 0 Å². The van der Waals surface area contributed by atoms with E-state index in [4.69, 9.17) is 5.73 Å². The van der Waals surface area contributed by atoms with Gasteiger partial charge in [-0.25, -0.2) is 9.97 Å². The molecule has 2 aromatic heterocycles. The first kappa shape index (κ1) is 6.90. The van der Waals surface area contributed by atoms with Crippen molar-refractivity contribution in [1.29, 1.82) is 0 Å². The summed E-state index contributed by atoms with van der Waals surface area (Å²) >= 11 is 0. The van der Waals surface area contributed by atoms with Crippen LogP contribution in [-0.2, 0) is 0 Å². The Morgan fingerprint density at radius 1 is 1.58 bits per heavy atom. The lowest BCUT2D eigenvalue weighted by atomic mass is 10.6. The van der Waals surface area contributed by atoms with Crippen molar-refractivity contribution in [2.75, 3.05) is 18.1 Å². The van der Waals surface area contributed by atoms with Crippen LogP contribution in [0.2, 0.25) is 0 Å². The zero-order valence-corrected chi connectivity index (χ0v) is 6.65. The van der Waals surface area contributed by atoms with Crippen molar-refractivity contribution < 1.29 is 0 Å². The van der Waals surface area contributed by atoms with Gasteiger partial charge in [0.1, 0.15) is 5.82 Å². The van der Waals surface area contributed by atoms with E-state index in [9.17, 15) is 0 Å². The highest BCUT2D eigenvalue weighted by Gasteiger charge is 2.02. The van der Waals surface area contributed by atoms with Gasteiger partial charge in [0.15, 0.2) is 11.5 Å². The number of nitrogens with two attached hydrogens (primary N) is 1. The first-order valence-electron chi connectivity index (χ1n) is 3.58. The molecule has 2 rings (SSSR count). The van der Waals surface area contributed by atoms with Gasteiger partial charge in [-0.05, 0) is 0 Å². The average Bonchev–Trinajstić information content (AvgIpc) is 2.50. The monoisotopic (exact) mass is 163 g/mol. The molecule has 0 saturated heterocycles. The molecule has 5 heteroatoms. The summed E-state index contributed by atoms with van der Waals surface area (Å²) in [7, 11) is 1.79. The number of imidazole rings is 1. The number of anilines is 2. The number of hydrogen-bond donors (Lipinski definition) is 2. The number of aromatic nitrogens is 3. The molecule has 2 aromatic rings. The lowest BCUT2D eigenvalue weighted by Gasteiger charge is -2.02. The summed E-state index contributed by atoms with van der Waals surface area (Å²) in [6.07, 6.45) is 5.26. The summed E-state index contributed by atoms with van der Waals surface area (Å²) in [4.78, 5) is 8.19. The Morgan fingerprint density at radius 2 is 2.42 bits per heavy atom. The summed E-state index contributed by atoms with van der Waals surface area (Å²) < 4.78 is 1.83. The largest absolute Gasteiger partial charge is 0.382 e. The van der Waals surface area contributed by atoms with Crippen LogP contribution in [0.3, 0.4) is 0 Å². The molecule has 0 bridgehead atoms. The zero-order valence-electron chi connectivity index (χ0n) is 6.65. The maximum Gasteiger partial charge on any atom is 0.180 e. The maximum absolute atomic E-state index is 5.56. The Balaban J connectivity index is 2.80. The summed E-state index contributed by atoms with van der Waals surface area (Å²) in [6, 6.07) is 0. The van der Waals surface area contributed by atoms with Gasteiger partial charge in [-0.15, -0.1) is 0 Å². The van der Waals surface area contributed by atoms with Crippen LogP contribution >= 0.6 is 0 Å². The van der Waals surface area contributed by atoms with Crippen LogP contribution in [0.5, 0.6) is 0 Å². The van der Waals surface area contributed by atoms with Crippen molar-refractivity contribution in [3.05, 3.63) is 18.6 Å². The van der Waals surface area contributed by atoms with Crippen molar-refractivity contribution in [3.8, 4) is 0 Å². The highest BCUT2D eigenvalue weighted by Crippen LogP contribution is 2.12. The molecule has 0 saturated carbocycles. The second kappa shape index (κ2) is 2.37. The van der Waals surface area contributed by atoms with E-state index >= 15 is 0 Å². The van der Waals surface area contributed by atoms with Crippen molar-refractivity contribution in [2.24, 2.45) is 0 Å². The third kappa shape index (κ3) is 0.868. The molecule has 0 radical (unpaired) electrons. The molecule has 0 fully saturated rings. The van der Waals surface area contributed by atoms with E-state index in [1.807, 2.05) is 10.6 Å². The van der Waals surface area contributed by atoms with Crippen molar-refractivity contribution in [2.45, 2.75) is 0 Å². The van der Waals surface area contributed by atoms with E-state index in [-0.39, 0.29) is 0 Å². The molecule has 0 spiro atoms. The number of nitrogens with zero attached hydrogens (tertiary/aromatic N) is 3. The molecular formula is C7H9N5. The molecule has 12 heavy (non-hydrogen) atoms. The van der Waals surface area contributed by atoms with E-state index in [0.29, 0.717) is 11.6 Å². The lowest BCUT2D eigenvalue weighted by molar-refractivity contribution is 1.13. The van der Waals surface area contributed by atoms with Gasteiger partial charge in [-0.2, -0.15) is 0 Å². The number of nitrogens with one attached hydrogen (secondary N) is 1. The van der Waals surface area contributed by atoms with Gasteiger partial charge in [0, 0.05) is 19.4 Å². The van der Waals surface area contributed by atoms with Crippen LogP contribution in [0.15, 0.2) is 18.6 Å². The lowest BCUT2D eigenvalue weighted by Crippen LogP contribution is -2.01. The second-order valence-corrected chi connectivity index (χ2v) is 2.42. The Labute approximate surface area is 69.2 Å². The predicted molar refractivity (Wildman–Crippen MR) is 46.9 cm³/mol. The highest BCUT2D eigenvalue weighted by molar-refractivity contribution is 5.64. The van der Waals surface area contributed by atoms with Gasteiger partial charge in [0.2, 0.25) is 0 Å². The van der Waals surface area contributed by atoms with E-state index in [0.717, 1.165) is 5.65 Å². The normalized spacial score (nSPS) is 10.4. The van der Waals surface area contributed by atoms with Crippen LogP contribution in [0.25, 0.3) is 5.65 Å². The standard InChI is InChI=1S/C7H9N5/c1-9-6-7-10-2-3-12(7)4-5(8)11-6/h2-4H,8H2,1H3,(H,9,11). The Bertz CT molecular complexity index is 405. The van der Waals surface area contributed by atoms with Gasteiger partial charge in [0.05, 0.1) is 6.20 Å². The third-order valence-electron chi connectivity index (χ3n) is 1.63. The second-order valence-electron chi connectivity index (χ2n) is 2.42. The van der Waals surface area contributed by atoms with Crippen LogP contribution < -0.4 is 11.1 Å². The van der Waals surface area contributed by atoms with E-state index < -0.39 is 0 Å². The number of rotatable bonds is 1. The first-order valence-corrected chi connectivity index (χ1v) is 3.58. The smallest absolute Gasteiger partial charge is 0.180 e. The topological polar surface area (TPSA) is 68.2 Å². The Kier molecular flexibility index (Phi) is 1.36. The molecule has 0 aliphatic heterocycles. The number of fused-ring (bicyclic) bond motifs is 1. The Morgan fingerprint density at radius 3 is 3.17 bits per heavy atom. The molecule has 3 N–H and O–H groups in total. The molecule has 2 heterocycles. The summed E-state index contributed by atoms with van der Waals surface area (Å²) in [5.74, 6) is 1.17. The van der Waals surface area contributed by atoms with Gasteiger partial charge in [-0.1, -0.05) is 0 Å². The first-order chi connectivity index (χ1) is 5.81. The van der Waals surface area contributed by atoms with Gasteiger partial charge in [-0.3, -0.25) is 0 Å².